The first-order valence-electron chi connectivity index (χ1n) is 10.4. The summed E-state index contributed by atoms with van der Waals surface area (Å²) >= 11 is 1.17. The first kappa shape index (κ1) is 22.6. The summed E-state index contributed by atoms with van der Waals surface area (Å²) in [5.74, 6) is 0.393. The first-order valence-corrected chi connectivity index (χ1v) is 11.2. The number of anilines is 1. The number of hydrogen-bond donors (Lipinski definition) is 2. The maximum absolute atomic E-state index is 12.3. The Hall–Kier alpha value is -3.07. The van der Waals surface area contributed by atoms with Gasteiger partial charge in [0.15, 0.2) is 0 Å². The Morgan fingerprint density at radius 1 is 1.29 bits per heavy atom. The molecular weight excluding hydrogens is 408 g/mol. The standard InChI is InChI=1S/C23H26N6OS/c1-2-17-18(12-25)22(29-10-6-7-15(11-24)14-29)28-23(19(17)13-26)31-20(21(27)30)16-8-4-3-5-9-16/h3-5,8-9,15,20H,2,6-7,10-11,14,24H2,1H3,(H2,27,30). The highest BCUT2D eigenvalue weighted by Crippen LogP contribution is 2.40. The fourth-order valence-electron chi connectivity index (χ4n) is 3.98. The minimum atomic E-state index is -0.690. The number of carbonyl (C=O) groups excluding carboxylic acids is 1. The third kappa shape index (κ3) is 4.82. The van der Waals surface area contributed by atoms with Gasteiger partial charge >= 0.3 is 0 Å². The van der Waals surface area contributed by atoms with Crippen molar-refractivity contribution in [2.75, 3.05) is 24.5 Å². The van der Waals surface area contributed by atoms with Crippen LogP contribution in [0.25, 0.3) is 0 Å². The predicted octanol–water partition coefficient (Wildman–Crippen LogP) is 2.88. The highest BCUT2D eigenvalue weighted by atomic mass is 32.2. The number of hydrogen-bond acceptors (Lipinski definition) is 7. The number of nitrogens with zero attached hydrogens (tertiary/aromatic N) is 4. The van der Waals surface area contributed by atoms with Crippen LogP contribution in [0.5, 0.6) is 0 Å². The fraction of sp³-hybridized carbons (Fsp3) is 0.391. The van der Waals surface area contributed by atoms with Crippen molar-refractivity contribution >= 4 is 23.5 Å². The minimum Gasteiger partial charge on any atom is -0.368 e. The summed E-state index contributed by atoms with van der Waals surface area (Å²) < 4.78 is 0. The predicted molar refractivity (Wildman–Crippen MR) is 121 cm³/mol. The molecule has 1 aromatic heterocycles. The maximum atomic E-state index is 12.3. The molecule has 8 heteroatoms. The van der Waals surface area contributed by atoms with E-state index in [0.717, 1.165) is 31.5 Å². The van der Waals surface area contributed by atoms with Gasteiger partial charge in [-0.2, -0.15) is 10.5 Å². The van der Waals surface area contributed by atoms with Gasteiger partial charge in [-0.15, -0.1) is 0 Å². The highest BCUT2D eigenvalue weighted by Gasteiger charge is 2.29. The molecule has 4 N–H and O–H groups in total. The van der Waals surface area contributed by atoms with Crippen LogP contribution in [0.1, 0.15) is 47.3 Å². The number of nitriles is 2. The molecule has 2 atom stereocenters. The lowest BCUT2D eigenvalue weighted by molar-refractivity contribution is -0.117. The minimum absolute atomic E-state index is 0.335. The number of benzene rings is 1. The van der Waals surface area contributed by atoms with E-state index in [1.807, 2.05) is 37.3 Å². The van der Waals surface area contributed by atoms with Gasteiger partial charge in [-0.3, -0.25) is 4.79 Å². The second-order valence-corrected chi connectivity index (χ2v) is 8.64. The van der Waals surface area contributed by atoms with E-state index in [2.05, 4.69) is 17.0 Å². The molecule has 2 unspecified atom stereocenters. The van der Waals surface area contributed by atoms with Gasteiger partial charge in [-0.1, -0.05) is 49.0 Å². The van der Waals surface area contributed by atoms with E-state index in [1.165, 1.54) is 11.8 Å². The van der Waals surface area contributed by atoms with E-state index in [9.17, 15) is 15.3 Å². The number of rotatable bonds is 7. The van der Waals surface area contributed by atoms with Crippen LogP contribution < -0.4 is 16.4 Å². The van der Waals surface area contributed by atoms with Crippen LogP contribution in [0.3, 0.4) is 0 Å². The fourth-order valence-corrected chi connectivity index (χ4v) is 5.04. The monoisotopic (exact) mass is 434 g/mol. The molecule has 1 amide bonds. The van der Waals surface area contributed by atoms with Gasteiger partial charge in [-0.05, 0) is 42.9 Å². The number of aromatic nitrogens is 1. The zero-order valence-electron chi connectivity index (χ0n) is 17.5. The Morgan fingerprint density at radius 2 is 2.00 bits per heavy atom. The van der Waals surface area contributed by atoms with Crippen LogP contribution >= 0.6 is 11.8 Å². The molecule has 160 valence electrons. The number of primary amides is 1. The molecule has 1 aliphatic rings. The van der Waals surface area contributed by atoms with Gasteiger partial charge in [-0.25, -0.2) is 4.98 Å². The third-order valence-electron chi connectivity index (χ3n) is 5.57. The molecule has 2 aromatic rings. The summed E-state index contributed by atoms with van der Waals surface area (Å²) in [4.78, 5) is 19.1. The number of pyridine rings is 1. The average Bonchev–Trinajstić information content (AvgIpc) is 2.81. The van der Waals surface area contributed by atoms with Gasteiger partial charge in [0.25, 0.3) is 0 Å². The lowest BCUT2D eigenvalue weighted by Gasteiger charge is -2.34. The Balaban J connectivity index is 2.12. The van der Waals surface area contributed by atoms with Crippen molar-refractivity contribution in [3.63, 3.8) is 0 Å². The summed E-state index contributed by atoms with van der Waals surface area (Å²) in [6.07, 6.45) is 2.52. The van der Waals surface area contributed by atoms with E-state index in [-0.39, 0.29) is 0 Å². The Kier molecular flexibility index (Phi) is 7.51. The van der Waals surface area contributed by atoms with Crippen molar-refractivity contribution in [2.45, 2.75) is 36.5 Å². The topological polar surface area (TPSA) is 133 Å². The molecule has 31 heavy (non-hydrogen) atoms. The van der Waals surface area contributed by atoms with Crippen molar-refractivity contribution in [1.29, 1.82) is 10.5 Å². The molecule has 0 saturated carbocycles. The quantitative estimate of drug-likeness (QED) is 0.640. The zero-order chi connectivity index (χ0) is 22.4. The number of carbonyl (C=O) groups is 1. The Labute approximate surface area is 187 Å². The van der Waals surface area contributed by atoms with Crippen molar-refractivity contribution in [2.24, 2.45) is 17.4 Å². The molecule has 1 aromatic carbocycles. The third-order valence-corrected chi connectivity index (χ3v) is 6.83. The normalized spacial score (nSPS) is 16.9. The van der Waals surface area contributed by atoms with Gasteiger partial charge in [0.05, 0.1) is 11.1 Å². The van der Waals surface area contributed by atoms with Gasteiger partial charge in [0.1, 0.15) is 28.2 Å². The van der Waals surface area contributed by atoms with Crippen LogP contribution in [-0.2, 0) is 11.2 Å². The van der Waals surface area contributed by atoms with Crippen molar-refractivity contribution in [3.8, 4) is 12.1 Å². The van der Waals surface area contributed by atoms with E-state index in [1.54, 1.807) is 0 Å². The molecule has 7 nitrogen and oxygen atoms in total. The zero-order valence-corrected chi connectivity index (χ0v) is 18.4. The van der Waals surface area contributed by atoms with E-state index in [4.69, 9.17) is 16.5 Å². The molecule has 1 aliphatic heterocycles. The molecule has 0 aliphatic carbocycles. The second-order valence-electron chi connectivity index (χ2n) is 7.55. The maximum Gasteiger partial charge on any atom is 0.235 e. The molecule has 0 radical (unpaired) electrons. The van der Waals surface area contributed by atoms with Gasteiger partial charge < -0.3 is 16.4 Å². The Morgan fingerprint density at radius 3 is 2.58 bits per heavy atom. The van der Waals surface area contributed by atoms with E-state index < -0.39 is 11.2 Å². The van der Waals surface area contributed by atoms with Crippen LogP contribution in [0.15, 0.2) is 35.4 Å². The average molecular weight is 435 g/mol. The molecular formula is C23H26N6OS. The van der Waals surface area contributed by atoms with Crippen LogP contribution in [0.4, 0.5) is 5.82 Å². The number of nitrogens with two attached hydrogens (primary N) is 2. The molecule has 3 rings (SSSR count). The summed E-state index contributed by atoms with van der Waals surface area (Å²) in [7, 11) is 0. The summed E-state index contributed by atoms with van der Waals surface area (Å²) in [6, 6.07) is 13.7. The van der Waals surface area contributed by atoms with E-state index in [0.29, 0.717) is 46.4 Å². The molecule has 1 saturated heterocycles. The molecule has 0 bridgehead atoms. The van der Waals surface area contributed by atoms with E-state index >= 15 is 0 Å². The van der Waals surface area contributed by atoms with Crippen molar-refractivity contribution in [3.05, 3.63) is 52.6 Å². The SMILES string of the molecule is CCc1c(C#N)c(SC(C(N)=O)c2ccccc2)nc(N2CCCC(CN)C2)c1C#N. The largest absolute Gasteiger partial charge is 0.368 e. The first-order chi connectivity index (χ1) is 15.0. The smallest absolute Gasteiger partial charge is 0.235 e. The number of piperidine rings is 1. The summed E-state index contributed by atoms with van der Waals surface area (Å²) in [5.41, 5.74) is 13.8. The highest BCUT2D eigenvalue weighted by molar-refractivity contribution is 8.00. The van der Waals surface area contributed by atoms with Crippen LogP contribution in [0.2, 0.25) is 0 Å². The van der Waals surface area contributed by atoms with Crippen LogP contribution in [-0.4, -0.2) is 30.5 Å². The Bertz CT molecular complexity index is 1030. The van der Waals surface area contributed by atoms with Gasteiger partial charge in [0.2, 0.25) is 5.91 Å². The number of thioether (sulfide) groups is 1. The second kappa shape index (κ2) is 10.3. The van der Waals surface area contributed by atoms with Crippen LogP contribution in [0, 0.1) is 28.6 Å². The number of amides is 1. The van der Waals surface area contributed by atoms with Gasteiger partial charge in [0, 0.05) is 13.1 Å². The van der Waals surface area contributed by atoms with Crippen molar-refractivity contribution in [1.82, 2.24) is 4.98 Å². The molecule has 0 spiro atoms. The lowest BCUT2D eigenvalue weighted by Crippen LogP contribution is -2.39. The molecule has 1 fully saturated rings. The van der Waals surface area contributed by atoms with Crippen molar-refractivity contribution < 1.29 is 4.79 Å². The summed E-state index contributed by atoms with van der Waals surface area (Å²) in [6.45, 7) is 3.98. The molecule has 2 heterocycles. The lowest BCUT2D eigenvalue weighted by atomic mass is 9.96. The summed E-state index contributed by atoms with van der Waals surface area (Å²) in [5, 5.41) is 19.5.